The minimum Gasteiger partial charge on any atom is -0.376 e. The normalized spacial score (nSPS) is 17.9. The maximum atomic E-state index is 14.0. The van der Waals surface area contributed by atoms with E-state index in [1.54, 1.807) is 0 Å². The van der Waals surface area contributed by atoms with E-state index in [4.69, 9.17) is 4.74 Å². The first kappa shape index (κ1) is 18.6. The van der Waals surface area contributed by atoms with Crippen LogP contribution in [0.2, 0.25) is 0 Å². The molecule has 1 aromatic carbocycles. The van der Waals surface area contributed by atoms with E-state index < -0.39 is 28.5 Å². The van der Waals surface area contributed by atoms with E-state index >= 15 is 0 Å². The van der Waals surface area contributed by atoms with Crippen LogP contribution in [0.5, 0.6) is 0 Å². The van der Waals surface area contributed by atoms with Crippen LogP contribution in [0.4, 0.5) is 10.1 Å². The molecule has 0 bridgehead atoms. The molecule has 1 heterocycles. The van der Waals surface area contributed by atoms with E-state index in [-0.39, 0.29) is 11.8 Å². The summed E-state index contributed by atoms with van der Waals surface area (Å²) in [5.74, 6) is -1.23. The fraction of sp³-hybridized carbons (Fsp3) is 0.533. The summed E-state index contributed by atoms with van der Waals surface area (Å²) in [6.07, 6.45) is 1.74. The van der Waals surface area contributed by atoms with E-state index in [0.717, 1.165) is 27.5 Å². The third-order valence-corrected chi connectivity index (χ3v) is 5.50. The molecule has 1 amide bonds. The second-order valence-electron chi connectivity index (χ2n) is 5.69. The van der Waals surface area contributed by atoms with Gasteiger partial charge in [-0.05, 0) is 25.0 Å². The Bertz CT molecular complexity index is 675. The lowest BCUT2D eigenvalue weighted by Crippen LogP contribution is -2.47. The van der Waals surface area contributed by atoms with Crippen molar-refractivity contribution in [1.29, 1.82) is 0 Å². The molecule has 1 aliphatic rings. The summed E-state index contributed by atoms with van der Waals surface area (Å²) in [4.78, 5) is 12.2. The number of para-hydroxylation sites is 1. The van der Waals surface area contributed by atoms with Crippen LogP contribution in [0.25, 0.3) is 0 Å². The number of hydrogen-bond donors (Lipinski definition) is 1. The summed E-state index contributed by atoms with van der Waals surface area (Å²) in [5, 5.41) is 2.64. The topological polar surface area (TPSA) is 79.0 Å². The van der Waals surface area contributed by atoms with Gasteiger partial charge < -0.3 is 10.1 Å². The highest BCUT2D eigenvalue weighted by molar-refractivity contribution is 7.90. The van der Waals surface area contributed by atoms with Gasteiger partial charge in [-0.1, -0.05) is 12.1 Å². The Labute approximate surface area is 141 Å². The largest absolute Gasteiger partial charge is 0.376 e. The van der Waals surface area contributed by atoms with Crippen LogP contribution >= 0.6 is 0 Å². The average molecular weight is 359 g/mol. The van der Waals surface area contributed by atoms with E-state index in [2.05, 4.69) is 5.32 Å². The molecule has 0 saturated carbocycles. The van der Waals surface area contributed by atoms with Gasteiger partial charge in [-0.15, -0.1) is 0 Å². The van der Waals surface area contributed by atoms with Gasteiger partial charge in [-0.25, -0.2) is 8.70 Å². The average Bonchev–Trinajstić information content (AvgIpc) is 3.04. The summed E-state index contributed by atoms with van der Waals surface area (Å²) in [5.41, 5.74) is -0.168. The molecule has 1 N–H and O–H groups in total. The van der Waals surface area contributed by atoms with Gasteiger partial charge in [0.25, 0.3) is 0 Å². The number of carbonyl (C=O) groups is 1. The molecule has 7 nitrogen and oxygen atoms in total. The fourth-order valence-corrected chi connectivity index (χ4v) is 3.43. The van der Waals surface area contributed by atoms with Crippen LogP contribution in [0.1, 0.15) is 12.8 Å². The molecule has 9 heteroatoms. The highest BCUT2D eigenvalue weighted by Crippen LogP contribution is 2.22. The van der Waals surface area contributed by atoms with Gasteiger partial charge in [0.05, 0.1) is 11.8 Å². The second-order valence-corrected chi connectivity index (χ2v) is 7.75. The van der Waals surface area contributed by atoms with Crippen molar-refractivity contribution < 1.29 is 22.3 Å². The Morgan fingerprint density at radius 3 is 2.67 bits per heavy atom. The number of benzene rings is 1. The molecule has 1 atom stereocenters. The van der Waals surface area contributed by atoms with Crippen molar-refractivity contribution in [3.8, 4) is 0 Å². The SMILES string of the molecule is CN(C)S(=O)(=O)N(CC(=O)NC[C@@H]1CCCO1)c1ccccc1F. The zero-order valence-corrected chi connectivity index (χ0v) is 14.6. The zero-order chi connectivity index (χ0) is 17.7. The van der Waals surface area contributed by atoms with Gasteiger partial charge in [0.2, 0.25) is 5.91 Å². The Kier molecular flexibility index (Phi) is 6.14. The molecule has 134 valence electrons. The predicted octanol–water partition coefficient (Wildman–Crippen LogP) is 0.734. The van der Waals surface area contributed by atoms with E-state index in [1.165, 1.54) is 32.3 Å². The van der Waals surface area contributed by atoms with E-state index in [1.807, 2.05) is 0 Å². The number of hydrogen-bond acceptors (Lipinski definition) is 4. The molecular weight excluding hydrogens is 337 g/mol. The van der Waals surface area contributed by atoms with Crippen LogP contribution in [-0.2, 0) is 19.7 Å². The number of ether oxygens (including phenoxy) is 1. The number of amides is 1. The molecule has 1 aliphatic heterocycles. The Morgan fingerprint density at radius 2 is 2.08 bits per heavy atom. The summed E-state index contributed by atoms with van der Waals surface area (Å²) >= 11 is 0. The van der Waals surface area contributed by atoms with Crippen molar-refractivity contribution in [3.05, 3.63) is 30.1 Å². The quantitative estimate of drug-likeness (QED) is 0.779. The maximum absolute atomic E-state index is 14.0. The molecule has 0 radical (unpaired) electrons. The number of anilines is 1. The molecule has 1 aromatic rings. The van der Waals surface area contributed by atoms with Crippen molar-refractivity contribution in [2.45, 2.75) is 18.9 Å². The first-order chi connectivity index (χ1) is 11.3. The first-order valence-corrected chi connectivity index (χ1v) is 9.05. The van der Waals surface area contributed by atoms with E-state index in [9.17, 15) is 17.6 Å². The van der Waals surface area contributed by atoms with Gasteiger partial charge in [0.15, 0.2) is 0 Å². The second kappa shape index (κ2) is 7.91. The van der Waals surface area contributed by atoms with Gasteiger partial charge in [-0.2, -0.15) is 12.7 Å². The predicted molar refractivity (Wildman–Crippen MR) is 88.3 cm³/mol. The molecule has 0 aromatic heterocycles. The number of carbonyl (C=O) groups excluding carboxylic acids is 1. The van der Waals surface area contributed by atoms with Gasteiger partial charge in [0, 0.05) is 27.2 Å². The number of rotatable bonds is 7. The Hall–Kier alpha value is -1.71. The lowest BCUT2D eigenvalue weighted by molar-refractivity contribution is -0.120. The highest BCUT2D eigenvalue weighted by atomic mass is 32.2. The lowest BCUT2D eigenvalue weighted by Gasteiger charge is -2.27. The molecule has 1 saturated heterocycles. The summed E-state index contributed by atoms with van der Waals surface area (Å²) in [6, 6.07) is 5.44. The monoisotopic (exact) mass is 359 g/mol. The van der Waals surface area contributed by atoms with Gasteiger partial charge in [-0.3, -0.25) is 4.79 Å². The molecule has 24 heavy (non-hydrogen) atoms. The van der Waals surface area contributed by atoms with E-state index in [0.29, 0.717) is 13.2 Å². The molecule has 0 unspecified atom stereocenters. The third-order valence-electron chi connectivity index (χ3n) is 3.70. The van der Waals surface area contributed by atoms with Crippen molar-refractivity contribution in [2.24, 2.45) is 0 Å². The van der Waals surface area contributed by atoms with Crippen molar-refractivity contribution in [3.63, 3.8) is 0 Å². The molecule has 2 rings (SSSR count). The molecule has 0 spiro atoms. The van der Waals surface area contributed by atoms with Crippen molar-refractivity contribution in [2.75, 3.05) is 38.1 Å². The van der Waals surface area contributed by atoms with Crippen LogP contribution in [-0.4, -0.2) is 58.5 Å². The Morgan fingerprint density at radius 1 is 1.38 bits per heavy atom. The van der Waals surface area contributed by atoms with Crippen molar-refractivity contribution in [1.82, 2.24) is 9.62 Å². The number of nitrogens with one attached hydrogen (secondary N) is 1. The minimum absolute atomic E-state index is 0.0543. The summed E-state index contributed by atoms with van der Waals surface area (Å²) in [6.45, 7) is 0.469. The third kappa shape index (κ3) is 4.43. The van der Waals surface area contributed by atoms with Crippen LogP contribution in [0.3, 0.4) is 0 Å². The smallest absolute Gasteiger partial charge is 0.304 e. The highest BCUT2D eigenvalue weighted by Gasteiger charge is 2.29. The first-order valence-electron chi connectivity index (χ1n) is 7.65. The summed E-state index contributed by atoms with van der Waals surface area (Å²) in [7, 11) is -1.36. The zero-order valence-electron chi connectivity index (χ0n) is 13.7. The maximum Gasteiger partial charge on any atom is 0.304 e. The van der Waals surface area contributed by atoms with Gasteiger partial charge in [0.1, 0.15) is 12.4 Å². The van der Waals surface area contributed by atoms with Crippen LogP contribution in [0.15, 0.2) is 24.3 Å². The molecule has 1 fully saturated rings. The standard InChI is InChI=1S/C15H22FN3O4S/c1-18(2)24(21,22)19(14-8-4-3-7-13(14)16)11-15(20)17-10-12-6-5-9-23-12/h3-4,7-8,12H,5-6,9-11H2,1-2H3,(H,17,20)/t12-/m0/s1. The summed E-state index contributed by atoms with van der Waals surface area (Å²) < 4.78 is 46.1. The number of nitrogens with zero attached hydrogens (tertiary/aromatic N) is 2. The lowest BCUT2D eigenvalue weighted by atomic mass is 10.2. The Balaban J connectivity index is 2.14. The number of halogens is 1. The fourth-order valence-electron chi connectivity index (χ4n) is 2.36. The van der Waals surface area contributed by atoms with Crippen LogP contribution < -0.4 is 9.62 Å². The van der Waals surface area contributed by atoms with Gasteiger partial charge >= 0.3 is 10.2 Å². The molecular formula is C15H22FN3O4S. The van der Waals surface area contributed by atoms with Crippen LogP contribution in [0, 0.1) is 5.82 Å². The minimum atomic E-state index is -4.01. The van der Waals surface area contributed by atoms with Crippen molar-refractivity contribution >= 4 is 21.8 Å². The molecule has 0 aliphatic carbocycles.